The molecule has 6 heteroatoms. The number of phenolic OH excluding ortho intramolecular Hbond substituents is 2. The summed E-state index contributed by atoms with van der Waals surface area (Å²) >= 11 is 0. The number of hydrogen-bond acceptors (Lipinski definition) is 5. The van der Waals surface area contributed by atoms with Crippen LogP contribution in [0.5, 0.6) is 11.5 Å². The van der Waals surface area contributed by atoms with Gasteiger partial charge in [-0.15, -0.1) is 0 Å². The number of carbonyl (C=O) groups excluding carboxylic acids is 1. The molecule has 2 aromatic rings. The topological polar surface area (TPSA) is 94.0 Å². The van der Waals surface area contributed by atoms with E-state index in [1.54, 1.807) is 6.07 Å². The molecule has 0 heterocycles. The van der Waals surface area contributed by atoms with Crippen LogP contribution in [0.3, 0.4) is 0 Å². The van der Waals surface area contributed by atoms with Crippen molar-refractivity contribution in [3.63, 3.8) is 0 Å². The normalized spacial score (nSPS) is 10.6. The molecule has 114 valence electrons. The minimum Gasteiger partial charge on any atom is -0.504 e. The molecule has 6 nitrogen and oxygen atoms in total. The van der Waals surface area contributed by atoms with E-state index in [2.05, 4.69) is 15.8 Å². The second-order valence-electron chi connectivity index (χ2n) is 4.76. The van der Waals surface area contributed by atoms with E-state index in [0.29, 0.717) is 5.56 Å². The molecule has 0 aliphatic heterocycles. The number of amides is 1. The monoisotopic (exact) mass is 299 g/mol. The van der Waals surface area contributed by atoms with Crippen molar-refractivity contribution < 1.29 is 15.0 Å². The molecule has 0 saturated heterocycles. The first-order valence-electron chi connectivity index (χ1n) is 6.69. The molecule has 0 unspecified atom stereocenters. The van der Waals surface area contributed by atoms with Gasteiger partial charge >= 0.3 is 0 Å². The molecular weight excluding hydrogens is 282 g/mol. The Morgan fingerprint density at radius 3 is 2.73 bits per heavy atom. The Kier molecular flexibility index (Phi) is 4.98. The molecule has 0 aromatic heterocycles. The van der Waals surface area contributed by atoms with E-state index in [0.717, 1.165) is 11.3 Å². The lowest BCUT2D eigenvalue weighted by Crippen LogP contribution is -2.25. The van der Waals surface area contributed by atoms with Crippen LogP contribution in [-0.2, 0) is 4.79 Å². The van der Waals surface area contributed by atoms with Crippen molar-refractivity contribution in [2.24, 2.45) is 5.10 Å². The lowest BCUT2D eigenvalue weighted by Gasteiger charge is -2.05. The highest BCUT2D eigenvalue weighted by molar-refractivity contribution is 5.84. The van der Waals surface area contributed by atoms with Crippen LogP contribution < -0.4 is 10.7 Å². The van der Waals surface area contributed by atoms with E-state index in [1.807, 2.05) is 31.2 Å². The molecule has 0 spiro atoms. The Bertz CT molecular complexity index is 699. The molecule has 1 amide bonds. The molecule has 0 aliphatic rings. The highest BCUT2D eigenvalue weighted by atomic mass is 16.3. The van der Waals surface area contributed by atoms with Gasteiger partial charge in [0.1, 0.15) is 0 Å². The lowest BCUT2D eigenvalue weighted by atomic mass is 10.2. The summed E-state index contributed by atoms with van der Waals surface area (Å²) < 4.78 is 0. The van der Waals surface area contributed by atoms with Crippen LogP contribution >= 0.6 is 0 Å². The molecule has 2 aromatic carbocycles. The standard InChI is InChI=1S/C16H17N3O3/c1-11-3-2-4-13(7-11)17-10-16(22)19-18-9-12-5-6-14(20)15(21)8-12/h2-9,17,20-21H,10H2,1H3,(H,19,22)/b18-9+. The molecule has 0 radical (unpaired) electrons. The summed E-state index contributed by atoms with van der Waals surface area (Å²) in [5.41, 5.74) is 4.90. The maximum atomic E-state index is 11.6. The van der Waals surface area contributed by atoms with Gasteiger partial charge in [0.15, 0.2) is 11.5 Å². The summed E-state index contributed by atoms with van der Waals surface area (Å²) in [6.07, 6.45) is 1.38. The van der Waals surface area contributed by atoms with Crippen LogP contribution in [0, 0.1) is 6.92 Å². The van der Waals surface area contributed by atoms with Gasteiger partial charge in [-0.05, 0) is 48.4 Å². The van der Waals surface area contributed by atoms with Gasteiger partial charge in [0.05, 0.1) is 12.8 Å². The Labute approximate surface area is 128 Å². The largest absolute Gasteiger partial charge is 0.504 e. The average molecular weight is 299 g/mol. The predicted molar refractivity (Wildman–Crippen MR) is 85.2 cm³/mol. The second kappa shape index (κ2) is 7.12. The van der Waals surface area contributed by atoms with Gasteiger partial charge < -0.3 is 15.5 Å². The first kappa shape index (κ1) is 15.4. The number of aromatic hydroxyl groups is 2. The third-order valence-electron chi connectivity index (χ3n) is 2.87. The minimum absolute atomic E-state index is 0.0988. The maximum Gasteiger partial charge on any atom is 0.259 e. The number of nitrogens with zero attached hydrogens (tertiary/aromatic N) is 1. The highest BCUT2D eigenvalue weighted by Crippen LogP contribution is 2.23. The van der Waals surface area contributed by atoms with E-state index < -0.39 is 0 Å². The van der Waals surface area contributed by atoms with Gasteiger partial charge in [-0.2, -0.15) is 5.10 Å². The van der Waals surface area contributed by atoms with Gasteiger partial charge in [0, 0.05) is 5.69 Å². The van der Waals surface area contributed by atoms with E-state index in [-0.39, 0.29) is 24.0 Å². The van der Waals surface area contributed by atoms with Crippen LogP contribution in [0.25, 0.3) is 0 Å². The smallest absolute Gasteiger partial charge is 0.259 e. The zero-order valence-corrected chi connectivity index (χ0v) is 12.1. The van der Waals surface area contributed by atoms with Crippen molar-refractivity contribution in [1.29, 1.82) is 0 Å². The Morgan fingerprint density at radius 1 is 1.18 bits per heavy atom. The number of phenols is 2. The zero-order chi connectivity index (χ0) is 15.9. The Morgan fingerprint density at radius 2 is 2.00 bits per heavy atom. The van der Waals surface area contributed by atoms with Crippen molar-refractivity contribution in [2.75, 3.05) is 11.9 Å². The molecule has 0 bridgehead atoms. The van der Waals surface area contributed by atoms with Gasteiger partial charge in [0.2, 0.25) is 0 Å². The molecular formula is C16H17N3O3. The Balaban J connectivity index is 1.82. The molecule has 0 saturated carbocycles. The van der Waals surface area contributed by atoms with E-state index in [9.17, 15) is 15.0 Å². The fraction of sp³-hybridized carbons (Fsp3) is 0.125. The summed E-state index contributed by atoms with van der Waals surface area (Å²) in [6.45, 7) is 2.07. The van der Waals surface area contributed by atoms with Crippen molar-refractivity contribution in [3.8, 4) is 11.5 Å². The highest BCUT2D eigenvalue weighted by Gasteiger charge is 2.01. The number of nitrogens with one attached hydrogen (secondary N) is 2. The lowest BCUT2D eigenvalue weighted by molar-refractivity contribution is -0.119. The van der Waals surface area contributed by atoms with E-state index >= 15 is 0 Å². The number of carbonyl (C=O) groups is 1. The number of benzene rings is 2. The number of hydrogen-bond donors (Lipinski definition) is 4. The SMILES string of the molecule is Cc1cccc(NCC(=O)N/N=C/c2ccc(O)c(O)c2)c1. The molecule has 0 fully saturated rings. The van der Waals surface area contributed by atoms with E-state index in [1.165, 1.54) is 18.3 Å². The summed E-state index contributed by atoms with van der Waals surface area (Å²) in [5, 5.41) is 25.3. The van der Waals surface area contributed by atoms with E-state index in [4.69, 9.17) is 0 Å². The van der Waals surface area contributed by atoms with Gasteiger partial charge in [-0.25, -0.2) is 5.43 Å². The fourth-order valence-corrected chi connectivity index (χ4v) is 1.78. The average Bonchev–Trinajstić information content (AvgIpc) is 2.49. The summed E-state index contributed by atoms with van der Waals surface area (Å²) in [4.78, 5) is 11.6. The van der Waals surface area contributed by atoms with Gasteiger partial charge in [0.25, 0.3) is 5.91 Å². The molecule has 2 rings (SSSR count). The van der Waals surface area contributed by atoms with Crippen molar-refractivity contribution in [1.82, 2.24) is 5.43 Å². The molecule has 0 atom stereocenters. The van der Waals surface area contributed by atoms with Crippen molar-refractivity contribution in [3.05, 3.63) is 53.6 Å². The van der Waals surface area contributed by atoms with Crippen LogP contribution in [0.15, 0.2) is 47.6 Å². The number of anilines is 1. The Hall–Kier alpha value is -3.02. The first-order chi connectivity index (χ1) is 10.5. The summed E-state index contributed by atoms with van der Waals surface area (Å²) in [5.74, 6) is -0.735. The summed E-state index contributed by atoms with van der Waals surface area (Å²) in [6, 6.07) is 12.0. The molecule has 4 N–H and O–H groups in total. The van der Waals surface area contributed by atoms with Crippen LogP contribution in [-0.4, -0.2) is 28.9 Å². The van der Waals surface area contributed by atoms with Crippen LogP contribution in [0.4, 0.5) is 5.69 Å². The van der Waals surface area contributed by atoms with Crippen molar-refractivity contribution in [2.45, 2.75) is 6.92 Å². The third kappa shape index (κ3) is 4.52. The quantitative estimate of drug-likeness (QED) is 0.386. The minimum atomic E-state index is -0.291. The van der Waals surface area contributed by atoms with Crippen LogP contribution in [0.1, 0.15) is 11.1 Å². The third-order valence-corrected chi connectivity index (χ3v) is 2.87. The first-order valence-corrected chi connectivity index (χ1v) is 6.69. The zero-order valence-electron chi connectivity index (χ0n) is 12.1. The summed E-state index contributed by atoms with van der Waals surface area (Å²) in [7, 11) is 0. The van der Waals surface area contributed by atoms with Gasteiger partial charge in [-0.3, -0.25) is 4.79 Å². The predicted octanol–water partition coefficient (Wildman–Crippen LogP) is 1.97. The number of rotatable bonds is 5. The van der Waals surface area contributed by atoms with Gasteiger partial charge in [-0.1, -0.05) is 12.1 Å². The van der Waals surface area contributed by atoms with Crippen molar-refractivity contribution >= 4 is 17.8 Å². The number of hydrazone groups is 1. The second-order valence-corrected chi connectivity index (χ2v) is 4.76. The number of aryl methyl sites for hydroxylation is 1. The fourth-order valence-electron chi connectivity index (χ4n) is 1.78. The van der Waals surface area contributed by atoms with Crippen LogP contribution in [0.2, 0.25) is 0 Å². The molecule has 22 heavy (non-hydrogen) atoms. The molecule has 0 aliphatic carbocycles. The maximum absolute atomic E-state index is 11.6.